The third-order valence-corrected chi connectivity index (χ3v) is 2.86. The van der Waals surface area contributed by atoms with Crippen molar-refractivity contribution in [1.82, 2.24) is 5.32 Å². The molecule has 0 aliphatic carbocycles. The predicted octanol–water partition coefficient (Wildman–Crippen LogP) is 0.650. The van der Waals surface area contributed by atoms with Gasteiger partial charge in [-0.05, 0) is 31.0 Å². The zero-order valence-electron chi connectivity index (χ0n) is 11.3. The van der Waals surface area contributed by atoms with Gasteiger partial charge in [-0.25, -0.2) is 0 Å². The van der Waals surface area contributed by atoms with E-state index in [4.69, 9.17) is 20.8 Å². The molecule has 19 heavy (non-hydrogen) atoms. The number of rotatable bonds is 7. The first-order valence-corrected chi connectivity index (χ1v) is 6.11. The van der Waals surface area contributed by atoms with Gasteiger partial charge < -0.3 is 26.1 Å². The van der Waals surface area contributed by atoms with Crippen molar-refractivity contribution >= 4 is 5.84 Å². The average Bonchev–Trinajstić information content (AvgIpc) is 2.44. The van der Waals surface area contributed by atoms with Crippen LogP contribution in [0.3, 0.4) is 0 Å². The summed E-state index contributed by atoms with van der Waals surface area (Å²) in [6.45, 7) is 2.80. The van der Waals surface area contributed by atoms with Crippen molar-refractivity contribution in [2.45, 2.75) is 25.9 Å². The molecule has 6 nitrogen and oxygen atoms in total. The van der Waals surface area contributed by atoms with Crippen LogP contribution in [0.2, 0.25) is 0 Å². The zero-order chi connectivity index (χ0) is 14.3. The molecule has 0 bridgehead atoms. The number of nitrogens with zero attached hydrogens (tertiary/aromatic N) is 1. The van der Waals surface area contributed by atoms with Gasteiger partial charge in [0.15, 0.2) is 5.84 Å². The lowest BCUT2D eigenvalue weighted by Crippen LogP contribution is -2.26. The van der Waals surface area contributed by atoms with Crippen molar-refractivity contribution in [3.8, 4) is 5.75 Å². The van der Waals surface area contributed by atoms with Crippen LogP contribution >= 0.6 is 0 Å². The van der Waals surface area contributed by atoms with Crippen LogP contribution < -0.4 is 15.8 Å². The maximum Gasteiger partial charge on any atom is 0.173 e. The lowest BCUT2D eigenvalue weighted by molar-refractivity contribution is 0.268. The number of hydrogen-bond donors (Lipinski definition) is 4. The van der Waals surface area contributed by atoms with Crippen LogP contribution in [0.1, 0.15) is 24.5 Å². The lowest BCUT2D eigenvalue weighted by atomic mass is 10.1. The fourth-order valence-corrected chi connectivity index (χ4v) is 1.71. The van der Waals surface area contributed by atoms with Gasteiger partial charge in [0.25, 0.3) is 0 Å². The van der Waals surface area contributed by atoms with E-state index in [1.807, 2.05) is 19.1 Å². The Morgan fingerprint density at radius 2 is 2.26 bits per heavy atom. The molecule has 0 saturated heterocycles. The number of oxime groups is 1. The second-order valence-electron chi connectivity index (χ2n) is 4.31. The number of amidine groups is 1. The molecule has 6 heteroatoms. The van der Waals surface area contributed by atoms with Crippen LogP contribution in [0.5, 0.6) is 5.75 Å². The molecule has 0 aromatic heterocycles. The monoisotopic (exact) mass is 267 g/mol. The number of benzene rings is 1. The van der Waals surface area contributed by atoms with Gasteiger partial charge in [0.05, 0.1) is 12.7 Å². The van der Waals surface area contributed by atoms with Gasteiger partial charge in [-0.3, -0.25) is 0 Å². The Morgan fingerprint density at radius 3 is 2.84 bits per heavy atom. The van der Waals surface area contributed by atoms with Crippen LogP contribution in [-0.4, -0.2) is 35.9 Å². The maximum absolute atomic E-state index is 8.83. The van der Waals surface area contributed by atoms with Gasteiger partial charge >= 0.3 is 0 Å². The molecular weight excluding hydrogens is 246 g/mol. The summed E-state index contributed by atoms with van der Waals surface area (Å²) in [4.78, 5) is 0. The predicted molar refractivity (Wildman–Crippen MR) is 73.5 cm³/mol. The van der Waals surface area contributed by atoms with E-state index >= 15 is 0 Å². The van der Waals surface area contributed by atoms with E-state index < -0.39 is 0 Å². The average molecular weight is 267 g/mol. The van der Waals surface area contributed by atoms with Crippen molar-refractivity contribution in [3.63, 3.8) is 0 Å². The Morgan fingerprint density at radius 1 is 1.53 bits per heavy atom. The largest absolute Gasteiger partial charge is 0.496 e. The van der Waals surface area contributed by atoms with Crippen LogP contribution in [0.25, 0.3) is 0 Å². The number of nitrogens with two attached hydrogens (primary N) is 1. The molecule has 0 aliphatic heterocycles. The van der Waals surface area contributed by atoms with Gasteiger partial charge in [-0.1, -0.05) is 11.2 Å². The number of aliphatic hydroxyl groups excluding tert-OH is 1. The lowest BCUT2D eigenvalue weighted by Gasteiger charge is -2.14. The Bertz CT molecular complexity index is 435. The maximum atomic E-state index is 8.83. The van der Waals surface area contributed by atoms with Crippen molar-refractivity contribution in [1.29, 1.82) is 0 Å². The molecule has 1 unspecified atom stereocenters. The molecule has 0 amide bonds. The molecule has 5 N–H and O–H groups in total. The summed E-state index contributed by atoms with van der Waals surface area (Å²) in [6.07, 6.45) is 0.698. The second-order valence-corrected chi connectivity index (χ2v) is 4.31. The standard InChI is InChI=1S/C13H21N3O3/c1-9(5-6-17)15-8-10-3-4-12(19-2)11(7-10)13(14)16-18/h3-4,7,9,15,17-18H,5-6,8H2,1-2H3,(H2,14,16). The Hall–Kier alpha value is -1.79. The minimum absolute atomic E-state index is 0.0158. The summed E-state index contributed by atoms with van der Waals surface area (Å²) in [5, 5.41) is 23.9. The Balaban J connectivity index is 2.81. The topological polar surface area (TPSA) is 100 Å². The highest BCUT2D eigenvalue weighted by atomic mass is 16.5. The molecule has 0 saturated carbocycles. The molecule has 1 aromatic rings. The third kappa shape index (κ3) is 4.42. The molecule has 106 valence electrons. The van der Waals surface area contributed by atoms with Gasteiger partial charge in [0.1, 0.15) is 5.75 Å². The molecule has 0 fully saturated rings. The minimum Gasteiger partial charge on any atom is -0.496 e. The quantitative estimate of drug-likeness (QED) is 0.251. The van der Waals surface area contributed by atoms with E-state index in [1.54, 1.807) is 6.07 Å². The third-order valence-electron chi connectivity index (χ3n) is 2.86. The van der Waals surface area contributed by atoms with Crippen molar-refractivity contribution < 1.29 is 15.1 Å². The smallest absolute Gasteiger partial charge is 0.173 e. The molecular formula is C13H21N3O3. The summed E-state index contributed by atoms with van der Waals surface area (Å²) in [6, 6.07) is 5.72. The highest BCUT2D eigenvalue weighted by Gasteiger charge is 2.09. The fourth-order valence-electron chi connectivity index (χ4n) is 1.71. The number of nitrogens with one attached hydrogen (secondary N) is 1. The zero-order valence-corrected chi connectivity index (χ0v) is 11.3. The fraction of sp³-hybridized carbons (Fsp3) is 0.462. The van der Waals surface area contributed by atoms with E-state index in [-0.39, 0.29) is 18.5 Å². The van der Waals surface area contributed by atoms with Crippen LogP contribution in [0.15, 0.2) is 23.4 Å². The molecule has 1 rings (SSSR count). The Labute approximate surface area is 112 Å². The first kappa shape index (κ1) is 15.3. The van der Waals surface area contributed by atoms with Crippen molar-refractivity contribution in [2.75, 3.05) is 13.7 Å². The molecule has 0 heterocycles. The Kier molecular flexibility index (Phi) is 6.11. The summed E-state index contributed by atoms with van der Waals surface area (Å²) in [7, 11) is 1.53. The van der Waals surface area contributed by atoms with E-state index in [9.17, 15) is 0 Å². The molecule has 0 spiro atoms. The minimum atomic E-state index is 0.0158. The molecule has 0 aliphatic rings. The van der Waals surface area contributed by atoms with E-state index in [2.05, 4.69) is 10.5 Å². The number of ether oxygens (including phenoxy) is 1. The van der Waals surface area contributed by atoms with E-state index in [0.717, 1.165) is 5.56 Å². The van der Waals surface area contributed by atoms with Gasteiger partial charge in [0, 0.05) is 19.2 Å². The van der Waals surface area contributed by atoms with Crippen LogP contribution in [-0.2, 0) is 6.54 Å². The SMILES string of the molecule is COc1ccc(CNC(C)CCO)cc1/C(N)=N/O. The second kappa shape index (κ2) is 7.60. The first-order chi connectivity index (χ1) is 9.12. The summed E-state index contributed by atoms with van der Waals surface area (Å²) in [5.74, 6) is 0.574. The van der Waals surface area contributed by atoms with Crippen LogP contribution in [0, 0.1) is 0 Å². The number of aliphatic hydroxyl groups is 1. The molecule has 0 radical (unpaired) electrons. The van der Waals surface area contributed by atoms with Gasteiger partial charge in [-0.15, -0.1) is 0 Å². The highest BCUT2D eigenvalue weighted by molar-refractivity contribution is 5.99. The summed E-state index contributed by atoms with van der Waals surface area (Å²) in [5.41, 5.74) is 7.16. The van der Waals surface area contributed by atoms with Gasteiger partial charge in [0.2, 0.25) is 0 Å². The van der Waals surface area contributed by atoms with Crippen LogP contribution in [0.4, 0.5) is 0 Å². The van der Waals surface area contributed by atoms with Crippen molar-refractivity contribution in [2.24, 2.45) is 10.9 Å². The summed E-state index contributed by atoms with van der Waals surface area (Å²) >= 11 is 0. The summed E-state index contributed by atoms with van der Waals surface area (Å²) < 4.78 is 5.16. The first-order valence-electron chi connectivity index (χ1n) is 6.11. The highest BCUT2D eigenvalue weighted by Crippen LogP contribution is 2.19. The van der Waals surface area contributed by atoms with E-state index in [0.29, 0.717) is 24.3 Å². The normalized spacial score (nSPS) is 13.3. The number of methoxy groups -OCH3 is 1. The molecule has 1 atom stereocenters. The molecule has 1 aromatic carbocycles. The van der Waals surface area contributed by atoms with E-state index in [1.165, 1.54) is 7.11 Å². The number of hydrogen-bond acceptors (Lipinski definition) is 5. The van der Waals surface area contributed by atoms with Gasteiger partial charge in [-0.2, -0.15) is 0 Å². The van der Waals surface area contributed by atoms with Crippen molar-refractivity contribution in [3.05, 3.63) is 29.3 Å².